The zero-order chi connectivity index (χ0) is 18.4. The molecule has 0 radical (unpaired) electrons. The minimum absolute atomic E-state index is 0.0243. The average molecular weight is 370 g/mol. The predicted octanol–water partition coefficient (Wildman–Crippen LogP) is 3.65. The maximum absolute atomic E-state index is 12.3. The summed E-state index contributed by atoms with van der Waals surface area (Å²) >= 11 is 1.22. The van der Waals surface area contributed by atoms with Gasteiger partial charge in [-0.2, -0.15) is 0 Å². The van der Waals surface area contributed by atoms with Crippen LogP contribution in [0.2, 0.25) is 0 Å². The number of rotatable bonds is 8. The lowest BCUT2D eigenvalue weighted by atomic mass is 10.1. The van der Waals surface area contributed by atoms with Crippen molar-refractivity contribution in [3.8, 4) is 11.5 Å². The Hall–Kier alpha value is -2.80. The third-order valence-electron chi connectivity index (χ3n) is 3.68. The maximum atomic E-state index is 12.3. The minimum atomic E-state index is -0.0243. The molecule has 3 aromatic rings. The van der Waals surface area contributed by atoms with Crippen LogP contribution in [0.1, 0.15) is 21.8 Å². The van der Waals surface area contributed by atoms with Gasteiger partial charge < -0.3 is 13.9 Å². The van der Waals surface area contributed by atoms with Gasteiger partial charge >= 0.3 is 0 Å². The number of ether oxygens (including phenoxy) is 2. The molecule has 0 atom stereocenters. The fourth-order valence-electron chi connectivity index (χ4n) is 2.29. The fraction of sp³-hybridized carbons (Fsp3) is 0.211. The lowest BCUT2D eigenvalue weighted by molar-refractivity contribution is 0.102. The predicted molar refractivity (Wildman–Crippen MR) is 98.1 cm³/mol. The quantitative estimate of drug-likeness (QED) is 0.442. The van der Waals surface area contributed by atoms with Gasteiger partial charge in [0, 0.05) is 5.56 Å². The molecule has 3 rings (SSSR count). The topological polar surface area (TPSA) is 74.5 Å². The van der Waals surface area contributed by atoms with Crippen LogP contribution in [-0.4, -0.2) is 36.0 Å². The molecule has 0 amide bonds. The number of ketones is 1. The van der Waals surface area contributed by atoms with E-state index in [1.807, 2.05) is 24.3 Å². The van der Waals surface area contributed by atoms with Crippen LogP contribution in [0, 0.1) is 0 Å². The largest absolute Gasteiger partial charge is 0.497 e. The van der Waals surface area contributed by atoms with E-state index in [1.54, 1.807) is 38.5 Å². The number of hydrogen-bond acceptors (Lipinski definition) is 7. The van der Waals surface area contributed by atoms with Crippen molar-refractivity contribution in [2.75, 3.05) is 20.0 Å². The second-order valence-corrected chi connectivity index (χ2v) is 6.36. The van der Waals surface area contributed by atoms with E-state index in [0.29, 0.717) is 28.8 Å². The highest BCUT2D eigenvalue weighted by Crippen LogP contribution is 2.21. The van der Waals surface area contributed by atoms with Crippen molar-refractivity contribution >= 4 is 17.5 Å². The van der Waals surface area contributed by atoms with E-state index in [-0.39, 0.29) is 11.5 Å². The maximum Gasteiger partial charge on any atom is 0.277 e. The molecule has 134 valence electrons. The number of benzene rings is 2. The number of nitrogens with zero attached hydrogens (tertiary/aromatic N) is 2. The standard InChI is InChI=1S/C19H18N2O4S/c1-23-15-8-6-13(7-9-15)10-18-20-21-19(25-18)26-12-17(22)14-4-3-5-16(11-14)24-2/h3-9,11H,10,12H2,1-2H3. The summed E-state index contributed by atoms with van der Waals surface area (Å²) in [5, 5.41) is 8.40. The van der Waals surface area contributed by atoms with Crippen LogP contribution in [-0.2, 0) is 6.42 Å². The average Bonchev–Trinajstić information content (AvgIpc) is 3.14. The van der Waals surface area contributed by atoms with Gasteiger partial charge in [-0.15, -0.1) is 10.2 Å². The number of carbonyl (C=O) groups is 1. The number of hydrogen-bond donors (Lipinski definition) is 0. The number of thioether (sulfide) groups is 1. The first-order valence-corrected chi connectivity index (χ1v) is 8.92. The van der Waals surface area contributed by atoms with E-state index in [0.717, 1.165) is 11.3 Å². The Bertz CT molecular complexity index is 877. The van der Waals surface area contributed by atoms with Crippen molar-refractivity contribution in [3.05, 3.63) is 65.5 Å². The molecule has 1 heterocycles. The summed E-state index contributed by atoms with van der Waals surface area (Å²) in [4.78, 5) is 12.3. The molecule has 0 saturated carbocycles. The molecule has 0 aliphatic carbocycles. The van der Waals surface area contributed by atoms with Gasteiger partial charge in [-0.05, 0) is 29.8 Å². The summed E-state index contributed by atoms with van der Waals surface area (Å²) in [6.07, 6.45) is 0.529. The third-order valence-corrected chi connectivity index (χ3v) is 4.50. The van der Waals surface area contributed by atoms with Crippen LogP contribution >= 0.6 is 11.8 Å². The Morgan fingerprint density at radius 1 is 1.04 bits per heavy atom. The Morgan fingerprint density at radius 2 is 1.81 bits per heavy atom. The molecule has 7 heteroatoms. The molecule has 0 saturated heterocycles. The molecular formula is C19H18N2O4S. The van der Waals surface area contributed by atoms with Crippen LogP contribution in [0.5, 0.6) is 11.5 Å². The van der Waals surface area contributed by atoms with E-state index in [1.165, 1.54) is 11.8 Å². The Morgan fingerprint density at radius 3 is 2.54 bits per heavy atom. The van der Waals surface area contributed by atoms with Crippen LogP contribution in [0.25, 0.3) is 0 Å². The van der Waals surface area contributed by atoms with E-state index >= 15 is 0 Å². The molecule has 0 aliphatic heterocycles. The molecular weight excluding hydrogens is 352 g/mol. The van der Waals surface area contributed by atoms with Gasteiger partial charge in [0.05, 0.1) is 26.4 Å². The Balaban J connectivity index is 1.56. The van der Waals surface area contributed by atoms with E-state index in [9.17, 15) is 4.79 Å². The van der Waals surface area contributed by atoms with Crippen LogP contribution in [0.15, 0.2) is 58.2 Å². The molecule has 2 aromatic carbocycles. The molecule has 0 spiro atoms. The highest BCUT2D eigenvalue weighted by Gasteiger charge is 2.12. The van der Waals surface area contributed by atoms with Gasteiger partial charge in [-0.3, -0.25) is 4.79 Å². The number of Topliss-reactive ketones (excluding diaryl/α,β-unsaturated/α-hetero) is 1. The highest BCUT2D eigenvalue weighted by molar-refractivity contribution is 7.99. The van der Waals surface area contributed by atoms with Crippen molar-refractivity contribution in [3.63, 3.8) is 0 Å². The normalized spacial score (nSPS) is 10.5. The number of carbonyl (C=O) groups excluding carboxylic acids is 1. The molecule has 0 N–H and O–H groups in total. The van der Waals surface area contributed by atoms with Gasteiger partial charge in [-0.1, -0.05) is 36.0 Å². The molecule has 0 bridgehead atoms. The van der Waals surface area contributed by atoms with Gasteiger partial charge in [0.1, 0.15) is 11.5 Å². The minimum Gasteiger partial charge on any atom is -0.497 e. The smallest absolute Gasteiger partial charge is 0.277 e. The summed E-state index contributed by atoms with van der Waals surface area (Å²) in [6.45, 7) is 0. The third kappa shape index (κ3) is 4.64. The van der Waals surface area contributed by atoms with Gasteiger partial charge in [0.2, 0.25) is 5.89 Å². The molecule has 0 aliphatic rings. The molecule has 6 nitrogen and oxygen atoms in total. The van der Waals surface area contributed by atoms with Crippen molar-refractivity contribution in [1.29, 1.82) is 0 Å². The summed E-state index contributed by atoms with van der Waals surface area (Å²) in [7, 11) is 3.20. The number of aromatic nitrogens is 2. The monoisotopic (exact) mass is 370 g/mol. The first-order chi connectivity index (χ1) is 12.7. The molecule has 1 aromatic heterocycles. The summed E-state index contributed by atoms with van der Waals surface area (Å²) in [5.74, 6) is 2.15. The fourth-order valence-corrected chi connectivity index (χ4v) is 2.97. The van der Waals surface area contributed by atoms with Crippen LogP contribution in [0.4, 0.5) is 0 Å². The summed E-state index contributed by atoms with van der Waals surface area (Å²) in [6, 6.07) is 14.7. The SMILES string of the molecule is COc1ccc(Cc2nnc(SCC(=O)c3cccc(OC)c3)o2)cc1. The van der Waals surface area contributed by atoms with Crippen molar-refractivity contribution in [2.24, 2.45) is 0 Å². The Labute approximate surface area is 155 Å². The van der Waals surface area contributed by atoms with Crippen LogP contribution in [0.3, 0.4) is 0 Å². The molecule has 0 unspecified atom stereocenters. The Kier molecular flexibility index (Phi) is 5.91. The molecule has 26 heavy (non-hydrogen) atoms. The summed E-state index contributed by atoms with van der Waals surface area (Å²) in [5.41, 5.74) is 1.63. The van der Waals surface area contributed by atoms with Crippen molar-refractivity contribution < 1.29 is 18.7 Å². The van der Waals surface area contributed by atoms with E-state index < -0.39 is 0 Å². The number of methoxy groups -OCH3 is 2. The highest BCUT2D eigenvalue weighted by atomic mass is 32.2. The lowest BCUT2D eigenvalue weighted by Gasteiger charge is -2.02. The van der Waals surface area contributed by atoms with E-state index in [2.05, 4.69) is 10.2 Å². The van der Waals surface area contributed by atoms with Gasteiger partial charge in [0.15, 0.2) is 5.78 Å². The first-order valence-electron chi connectivity index (χ1n) is 7.93. The van der Waals surface area contributed by atoms with Crippen molar-refractivity contribution in [1.82, 2.24) is 10.2 Å². The molecule has 0 fully saturated rings. The lowest BCUT2D eigenvalue weighted by Crippen LogP contribution is -2.02. The van der Waals surface area contributed by atoms with Gasteiger partial charge in [0.25, 0.3) is 5.22 Å². The second-order valence-electron chi connectivity index (χ2n) is 5.43. The van der Waals surface area contributed by atoms with Gasteiger partial charge in [-0.25, -0.2) is 0 Å². The first kappa shape index (κ1) is 18.0. The van der Waals surface area contributed by atoms with Crippen molar-refractivity contribution in [2.45, 2.75) is 11.6 Å². The van der Waals surface area contributed by atoms with Crippen LogP contribution < -0.4 is 9.47 Å². The zero-order valence-electron chi connectivity index (χ0n) is 14.5. The zero-order valence-corrected chi connectivity index (χ0v) is 15.3. The summed E-state index contributed by atoms with van der Waals surface area (Å²) < 4.78 is 15.9. The second kappa shape index (κ2) is 8.53. The van der Waals surface area contributed by atoms with E-state index in [4.69, 9.17) is 13.9 Å².